The summed E-state index contributed by atoms with van der Waals surface area (Å²) in [6, 6.07) is 22.2. The van der Waals surface area contributed by atoms with Crippen molar-refractivity contribution in [2.24, 2.45) is 5.92 Å². The molecule has 0 bridgehead atoms. The van der Waals surface area contributed by atoms with Gasteiger partial charge in [-0.05, 0) is 30.5 Å². The number of nitrogens with one attached hydrogen (secondary N) is 1. The second-order valence-electron chi connectivity index (χ2n) is 5.88. The zero-order chi connectivity index (χ0) is 15.1. The molecule has 2 aromatic rings. The van der Waals surface area contributed by atoms with Crippen LogP contribution in [0.25, 0.3) is 0 Å². The zero-order valence-electron chi connectivity index (χ0n) is 13.4. The molecular weight excluding hydrogens is 254 g/mol. The topological polar surface area (TPSA) is 12.0 Å². The summed E-state index contributed by atoms with van der Waals surface area (Å²) in [5.74, 6) is 1.05. The zero-order valence-corrected chi connectivity index (χ0v) is 13.4. The summed E-state index contributed by atoms with van der Waals surface area (Å²) in [6.45, 7) is 4.63. The Bertz CT molecular complexity index is 466. The van der Waals surface area contributed by atoms with Crippen LogP contribution in [0.4, 0.5) is 0 Å². The SMILES string of the molecule is CCCC(C)C(NC)C(c1ccccc1)c1ccccc1. The van der Waals surface area contributed by atoms with Crippen LogP contribution in [0.5, 0.6) is 0 Å². The number of benzene rings is 2. The van der Waals surface area contributed by atoms with Crippen LogP contribution >= 0.6 is 0 Å². The lowest BCUT2D eigenvalue weighted by atomic mass is 9.78. The third-order valence-corrected chi connectivity index (χ3v) is 4.37. The molecule has 2 unspecified atom stereocenters. The number of rotatable bonds is 7. The molecule has 1 N–H and O–H groups in total. The maximum Gasteiger partial charge on any atom is 0.0245 e. The molecule has 0 fully saturated rings. The Kier molecular flexibility index (Phi) is 6.01. The molecule has 2 rings (SSSR count). The van der Waals surface area contributed by atoms with Gasteiger partial charge in [-0.25, -0.2) is 0 Å². The van der Waals surface area contributed by atoms with Crippen LogP contribution in [0.15, 0.2) is 60.7 Å². The van der Waals surface area contributed by atoms with Gasteiger partial charge in [-0.1, -0.05) is 80.9 Å². The Morgan fingerprint density at radius 2 is 1.33 bits per heavy atom. The maximum absolute atomic E-state index is 3.58. The molecule has 1 nitrogen and oxygen atoms in total. The lowest BCUT2D eigenvalue weighted by Gasteiger charge is -2.32. The van der Waals surface area contributed by atoms with E-state index < -0.39 is 0 Å². The quantitative estimate of drug-likeness (QED) is 0.765. The predicted molar refractivity (Wildman–Crippen MR) is 91.6 cm³/mol. The molecule has 0 aliphatic carbocycles. The van der Waals surface area contributed by atoms with Gasteiger partial charge in [0.2, 0.25) is 0 Å². The molecule has 2 aromatic carbocycles. The van der Waals surface area contributed by atoms with E-state index >= 15 is 0 Å². The van der Waals surface area contributed by atoms with Crippen molar-refractivity contribution in [3.63, 3.8) is 0 Å². The molecule has 0 amide bonds. The summed E-state index contributed by atoms with van der Waals surface area (Å²) >= 11 is 0. The summed E-state index contributed by atoms with van der Waals surface area (Å²) in [4.78, 5) is 0. The Morgan fingerprint density at radius 1 is 0.857 bits per heavy atom. The summed E-state index contributed by atoms with van der Waals surface area (Å²) in [5, 5.41) is 3.58. The molecule has 1 heteroatoms. The van der Waals surface area contributed by atoms with E-state index in [0.29, 0.717) is 17.9 Å². The highest BCUT2D eigenvalue weighted by atomic mass is 14.9. The van der Waals surface area contributed by atoms with Crippen LogP contribution in [0.1, 0.15) is 43.7 Å². The van der Waals surface area contributed by atoms with Crippen molar-refractivity contribution in [3.05, 3.63) is 71.8 Å². The first-order chi connectivity index (χ1) is 10.3. The van der Waals surface area contributed by atoms with E-state index in [4.69, 9.17) is 0 Å². The second-order valence-corrected chi connectivity index (χ2v) is 5.88. The van der Waals surface area contributed by atoms with Gasteiger partial charge in [0, 0.05) is 12.0 Å². The smallest absolute Gasteiger partial charge is 0.0245 e. The standard InChI is InChI=1S/C20H27N/c1-4-11-16(2)20(21-3)19(17-12-7-5-8-13-17)18-14-9-6-10-15-18/h5-10,12-16,19-21H,4,11H2,1-3H3. The van der Waals surface area contributed by atoms with Crippen molar-refractivity contribution < 1.29 is 0 Å². The minimum atomic E-state index is 0.402. The van der Waals surface area contributed by atoms with Gasteiger partial charge in [0.15, 0.2) is 0 Å². The Balaban J connectivity index is 2.40. The first-order valence-corrected chi connectivity index (χ1v) is 8.05. The number of hydrogen-bond donors (Lipinski definition) is 1. The molecular formula is C20H27N. The molecule has 0 spiro atoms. The van der Waals surface area contributed by atoms with E-state index in [-0.39, 0.29) is 0 Å². The third kappa shape index (κ3) is 3.95. The van der Waals surface area contributed by atoms with Crippen LogP contribution in [0.2, 0.25) is 0 Å². The molecule has 0 aromatic heterocycles. The molecule has 0 aliphatic heterocycles. The van der Waals surface area contributed by atoms with Crippen LogP contribution in [0, 0.1) is 5.92 Å². The van der Waals surface area contributed by atoms with Crippen LogP contribution in [0.3, 0.4) is 0 Å². The molecule has 0 saturated heterocycles. The van der Waals surface area contributed by atoms with E-state index in [0.717, 1.165) is 0 Å². The summed E-state index contributed by atoms with van der Waals surface area (Å²) in [5.41, 5.74) is 2.79. The van der Waals surface area contributed by atoms with E-state index in [2.05, 4.69) is 86.9 Å². The third-order valence-electron chi connectivity index (χ3n) is 4.37. The lowest BCUT2D eigenvalue weighted by molar-refractivity contribution is 0.345. The van der Waals surface area contributed by atoms with E-state index in [1.165, 1.54) is 24.0 Å². The highest BCUT2D eigenvalue weighted by Gasteiger charge is 2.27. The highest BCUT2D eigenvalue weighted by molar-refractivity contribution is 5.34. The monoisotopic (exact) mass is 281 g/mol. The average Bonchev–Trinajstić information content (AvgIpc) is 2.54. The summed E-state index contributed by atoms with van der Waals surface area (Å²) in [7, 11) is 2.09. The predicted octanol–water partition coefficient (Wildman–Crippen LogP) is 4.84. The maximum atomic E-state index is 3.58. The molecule has 21 heavy (non-hydrogen) atoms. The van der Waals surface area contributed by atoms with E-state index in [1.807, 2.05) is 0 Å². The largest absolute Gasteiger partial charge is 0.316 e. The van der Waals surface area contributed by atoms with Gasteiger partial charge < -0.3 is 5.32 Å². The van der Waals surface area contributed by atoms with Crippen LogP contribution in [-0.4, -0.2) is 13.1 Å². The fourth-order valence-corrected chi connectivity index (χ4v) is 3.34. The van der Waals surface area contributed by atoms with Gasteiger partial charge in [0.25, 0.3) is 0 Å². The van der Waals surface area contributed by atoms with Gasteiger partial charge >= 0.3 is 0 Å². The van der Waals surface area contributed by atoms with Crippen molar-refractivity contribution in [2.75, 3.05) is 7.05 Å². The summed E-state index contributed by atoms with van der Waals surface area (Å²) in [6.07, 6.45) is 2.48. The van der Waals surface area contributed by atoms with Gasteiger partial charge in [0.1, 0.15) is 0 Å². The first-order valence-electron chi connectivity index (χ1n) is 8.05. The first kappa shape index (κ1) is 15.8. The Labute approximate surface area is 129 Å². The second kappa shape index (κ2) is 7.99. The van der Waals surface area contributed by atoms with Gasteiger partial charge in [-0.2, -0.15) is 0 Å². The molecule has 0 aliphatic rings. The molecule has 112 valence electrons. The number of hydrogen-bond acceptors (Lipinski definition) is 1. The molecule has 0 saturated carbocycles. The van der Waals surface area contributed by atoms with Crippen molar-refractivity contribution in [1.82, 2.24) is 5.32 Å². The van der Waals surface area contributed by atoms with E-state index in [9.17, 15) is 0 Å². The van der Waals surface area contributed by atoms with Gasteiger partial charge in [0.05, 0.1) is 0 Å². The van der Waals surface area contributed by atoms with Gasteiger partial charge in [-0.3, -0.25) is 0 Å². The van der Waals surface area contributed by atoms with Crippen molar-refractivity contribution in [3.8, 4) is 0 Å². The van der Waals surface area contributed by atoms with Crippen LogP contribution < -0.4 is 5.32 Å². The Morgan fingerprint density at radius 3 is 1.71 bits per heavy atom. The normalized spacial score (nSPS) is 14.1. The van der Waals surface area contributed by atoms with Gasteiger partial charge in [-0.15, -0.1) is 0 Å². The number of likely N-dealkylation sites (N-methyl/N-ethyl adjacent to an activating group) is 1. The van der Waals surface area contributed by atoms with Crippen molar-refractivity contribution >= 4 is 0 Å². The van der Waals surface area contributed by atoms with Crippen molar-refractivity contribution in [2.45, 2.75) is 38.6 Å². The van der Waals surface area contributed by atoms with E-state index in [1.54, 1.807) is 0 Å². The fraction of sp³-hybridized carbons (Fsp3) is 0.400. The van der Waals surface area contributed by atoms with Crippen molar-refractivity contribution in [1.29, 1.82) is 0 Å². The summed E-state index contributed by atoms with van der Waals surface area (Å²) < 4.78 is 0. The van der Waals surface area contributed by atoms with Crippen LogP contribution in [-0.2, 0) is 0 Å². The minimum absolute atomic E-state index is 0.402. The molecule has 0 radical (unpaired) electrons. The minimum Gasteiger partial charge on any atom is -0.316 e. The fourth-order valence-electron chi connectivity index (χ4n) is 3.34. The molecule has 0 heterocycles. The Hall–Kier alpha value is -1.60. The highest BCUT2D eigenvalue weighted by Crippen LogP contribution is 2.32. The molecule has 2 atom stereocenters. The average molecular weight is 281 g/mol. The lowest BCUT2D eigenvalue weighted by Crippen LogP contribution is -2.38.